The third-order valence-electron chi connectivity index (χ3n) is 2.21. The Morgan fingerprint density at radius 2 is 2.00 bits per heavy atom. The van der Waals surface area contributed by atoms with Crippen molar-refractivity contribution in [3.63, 3.8) is 0 Å². The summed E-state index contributed by atoms with van der Waals surface area (Å²) in [5, 5.41) is 15.1. The van der Waals surface area contributed by atoms with Gasteiger partial charge in [-0.1, -0.05) is 29.4 Å². The smallest absolute Gasteiger partial charge is 0.170 e. The zero-order chi connectivity index (χ0) is 12.2. The Bertz CT molecular complexity index is 380. The van der Waals surface area contributed by atoms with Gasteiger partial charge in [0.25, 0.3) is 0 Å². The van der Waals surface area contributed by atoms with E-state index in [1.165, 1.54) is 0 Å². The summed E-state index contributed by atoms with van der Waals surface area (Å²) in [6.07, 6.45) is 0. The van der Waals surface area contributed by atoms with Crippen LogP contribution in [-0.4, -0.2) is 16.6 Å². The summed E-state index contributed by atoms with van der Waals surface area (Å²) < 4.78 is 0. The molecule has 1 aromatic carbocycles. The highest BCUT2D eigenvalue weighted by Gasteiger charge is 2.11. The number of nitrogens with zero attached hydrogens (tertiary/aromatic N) is 1. The average Bonchev–Trinajstić information content (AvgIpc) is 2.25. The molecule has 1 aromatic rings. The van der Waals surface area contributed by atoms with Crippen molar-refractivity contribution in [1.82, 2.24) is 5.32 Å². The van der Waals surface area contributed by atoms with Crippen LogP contribution in [0.15, 0.2) is 29.4 Å². The van der Waals surface area contributed by atoms with Crippen molar-refractivity contribution in [2.45, 2.75) is 32.9 Å². The van der Waals surface area contributed by atoms with E-state index in [0.717, 1.165) is 11.1 Å². The first-order chi connectivity index (χ1) is 7.44. The van der Waals surface area contributed by atoms with Crippen LogP contribution in [0.3, 0.4) is 0 Å². The third kappa shape index (κ3) is 3.55. The van der Waals surface area contributed by atoms with Crippen LogP contribution in [0.25, 0.3) is 0 Å². The number of nitrogens with one attached hydrogen (secondary N) is 1. The minimum Gasteiger partial charge on any atom is -0.409 e. The fourth-order valence-electron chi connectivity index (χ4n) is 1.34. The molecular weight excluding hydrogens is 202 g/mol. The molecule has 0 atom stereocenters. The van der Waals surface area contributed by atoms with Crippen LogP contribution in [0, 0.1) is 0 Å². The van der Waals surface area contributed by atoms with E-state index < -0.39 is 0 Å². The molecule has 4 heteroatoms. The lowest BCUT2D eigenvalue weighted by Crippen LogP contribution is -2.35. The largest absolute Gasteiger partial charge is 0.409 e. The molecule has 0 amide bonds. The molecule has 0 radical (unpaired) electrons. The summed E-state index contributed by atoms with van der Waals surface area (Å²) in [6, 6.07) is 7.61. The Morgan fingerprint density at radius 1 is 1.38 bits per heavy atom. The molecule has 4 nitrogen and oxygen atoms in total. The summed E-state index contributed by atoms with van der Waals surface area (Å²) in [4.78, 5) is 0. The van der Waals surface area contributed by atoms with Crippen molar-refractivity contribution >= 4 is 5.84 Å². The second kappa shape index (κ2) is 4.99. The quantitative estimate of drug-likeness (QED) is 0.315. The summed E-state index contributed by atoms with van der Waals surface area (Å²) in [6.45, 7) is 6.98. The van der Waals surface area contributed by atoms with Crippen LogP contribution in [0.5, 0.6) is 0 Å². The summed E-state index contributed by atoms with van der Waals surface area (Å²) >= 11 is 0. The topological polar surface area (TPSA) is 70.6 Å². The van der Waals surface area contributed by atoms with Crippen LogP contribution in [0.1, 0.15) is 31.9 Å². The Balaban J connectivity index is 2.88. The van der Waals surface area contributed by atoms with Crippen molar-refractivity contribution in [3.05, 3.63) is 35.4 Å². The molecule has 0 aliphatic rings. The number of hydrogen-bond donors (Lipinski definition) is 3. The fraction of sp³-hybridized carbons (Fsp3) is 0.417. The number of benzene rings is 1. The summed E-state index contributed by atoms with van der Waals surface area (Å²) in [5.74, 6) is 0.145. The second-order valence-electron chi connectivity index (χ2n) is 4.75. The van der Waals surface area contributed by atoms with Crippen molar-refractivity contribution < 1.29 is 5.21 Å². The summed E-state index contributed by atoms with van der Waals surface area (Å²) in [7, 11) is 0. The molecule has 0 spiro atoms. The van der Waals surface area contributed by atoms with Crippen LogP contribution < -0.4 is 11.1 Å². The molecule has 0 aliphatic carbocycles. The Morgan fingerprint density at radius 3 is 2.56 bits per heavy atom. The van der Waals surface area contributed by atoms with Gasteiger partial charge < -0.3 is 16.3 Å². The van der Waals surface area contributed by atoms with Gasteiger partial charge in [0, 0.05) is 17.6 Å². The Labute approximate surface area is 96.2 Å². The van der Waals surface area contributed by atoms with E-state index in [2.05, 4.69) is 31.2 Å². The SMILES string of the molecule is CC(C)(C)NCc1ccccc1C(N)=NO. The van der Waals surface area contributed by atoms with Crippen molar-refractivity contribution in [2.24, 2.45) is 10.9 Å². The van der Waals surface area contributed by atoms with Crippen molar-refractivity contribution in [3.8, 4) is 0 Å². The molecule has 1 rings (SSSR count). The number of nitrogens with two attached hydrogens (primary N) is 1. The van der Waals surface area contributed by atoms with Crippen LogP contribution >= 0.6 is 0 Å². The van der Waals surface area contributed by atoms with E-state index in [9.17, 15) is 0 Å². The first-order valence-corrected chi connectivity index (χ1v) is 5.25. The van der Waals surface area contributed by atoms with Crippen LogP contribution in [-0.2, 0) is 6.54 Å². The van der Waals surface area contributed by atoms with Crippen molar-refractivity contribution in [1.29, 1.82) is 0 Å². The van der Waals surface area contributed by atoms with Gasteiger partial charge in [0.05, 0.1) is 0 Å². The molecule has 0 bridgehead atoms. The zero-order valence-corrected chi connectivity index (χ0v) is 9.99. The van der Waals surface area contributed by atoms with E-state index in [-0.39, 0.29) is 11.4 Å². The highest BCUT2D eigenvalue weighted by molar-refractivity contribution is 5.98. The van der Waals surface area contributed by atoms with Gasteiger partial charge in [0.15, 0.2) is 5.84 Å². The minimum atomic E-state index is 0.0399. The lowest BCUT2D eigenvalue weighted by atomic mass is 10.0. The molecule has 88 valence electrons. The normalized spacial score (nSPS) is 12.8. The maximum atomic E-state index is 8.68. The number of rotatable bonds is 3. The first-order valence-electron chi connectivity index (χ1n) is 5.25. The molecule has 0 fully saturated rings. The lowest BCUT2D eigenvalue weighted by Gasteiger charge is -2.21. The molecule has 16 heavy (non-hydrogen) atoms. The minimum absolute atomic E-state index is 0.0399. The van der Waals surface area contributed by atoms with Gasteiger partial charge in [-0.2, -0.15) is 0 Å². The number of hydrogen-bond acceptors (Lipinski definition) is 3. The van der Waals surface area contributed by atoms with Gasteiger partial charge in [-0.3, -0.25) is 0 Å². The maximum absolute atomic E-state index is 8.68. The van der Waals surface area contributed by atoms with E-state index in [1.54, 1.807) is 0 Å². The summed E-state index contributed by atoms with van der Waals surface area (Å²) in [5.41, 5.74) is 7.43. The monoisotopic (exact) mass is 221 g/mol. The molecule has 0 aliphatic heterocycles. The molecule has 0 unspecified atom stereocenters. The second-order valence-corrected chi connectivity index (χ2v) is 4.75. The highest BCUT2D eigenvalue weighted by Crippen LogP contribution is 2.10. The zero-order valence-electron chi connectivity index (χ0n) is 9.99. The van der Waals surface area contributed by atoms with Gasteiger partial charge in [-0.05, 0) is 26.3 Å². The molecule has 0 saturated heterocycles. The number of amidine groups is 1. The molecule has 0 heterocycles. The van der Waals surface area contributed by atoms with Gasteiger partial charge in [0.1, 0.15) is 0 Å². The fourth-order valence-corrected chi connectivity index (χ4v) is 1.34. The first kappa shape index (κ1) is 12.5. The van der Waals surface area contributed by atoms with E-state index in [0.29, 0.717) is 6.54 Å². The van der Waals surface area contributed by atoms with Gasteiger partial charge in [0.2, 0.25) is 0 Å². The Hall–Kier alpha value is -1.55. The van der Waals surface area contributed by atoms with Crippen molar-refractivity contribution in [2.75, 3.05) is 0 Å². The predicted octanol–water partition coefficient (Wildman–Crippen LogP) is 1.67. The average molecular weight is 221 g/mol. The molecule has 0 saturated carbocycles. The van der Waals surface area contributed by atoms with Gasteiger partial charge in [-0.15, -0.1) is 0 Å². The molecule has 4 N–H and O–H groups in total. The Kier molecular flexibility index (Phi) is 3.90. The van der Waals surface area contributed by atoms with Crippen LogP contribution in [0.2, 0.25) is 0 Å². The van der Waals surface area contributed by atoms with Crippen LogP contribution in [0.4, 0.5) is 0 Å². The van der Waals surface area contributed by atoms with Gasteiger partial charge >= 0.3 is 0 Å². The predicted molar refractivity (Wildman–Crippen MR) is 65.5 cm³/mol. The standard InChI is InChI=1S/C12H19N3O/c1-12(2,3)14-8-9-6-4-5-7-10(9)11(13)15-16/h4-7,14,16H,8H2,1-3H3,(H2,13,15). The lowest BCUT2D eigenvalue weighted by molar-refractivity contribution is 0.318. The highest BCUT2D eigenvalue weighted by atomic mass is 16.4. The van der Waals surface area contributed by atoms with E-state index >= 15 is 0 Å². The molecular formula is C12H19N3O. The van der Waals surface area contributed by atoms with E-state index in [4.69, 9.17) is 10.9 Å². The number of oxime groups is 1. The third-order valence-corrected chi connectivity index (χ3v) is 2.21. The molecule has 0 aromatic heterocycles. The van der Waals surface area contributed by atoms with Gasteiger partial charge in [-0.25, -0.2) is 0 Å². The van der Waals surface area contributed by atoms with E-state index in [1.807, 2.05) is 24.3 Å². The maximum Gasteiger partial charge on any atom is 0.170 e.